The first-order valence-corrected chi connectivity index (χ1v) is 6.94. The predicted molar refractivity (Wildman–Crippen MR) is 79.4 cm³/mol. The Balaban J connectivity index is 2.39. The SMILES string of the molecule is O=c1c2ccccc2nc2sc3cccc(Cl)c3n12. The van der Waals surface area contributed by atoms with Crippen LogP contribution >= 0.6 is 22.9 Å². The fraction of sp³-hybridized carbons (Fsp3) is 0. The number of aromatic nitrogens is 2. The number of halogens is 1. The van der Waals surface area contributed by atoms with Crippen LogP contribution in [-0.4, -0.2) is 9.38 Å². The molecule has 0 unspecified atom stereocenters. The highest BCUT2D eigenvalue weighted by Crippen LogP contribution is 2.30. The number of para-hydroxylation sites is 2. The largest absolute Gasteiger partial charge is 0.268 e. The van der Waals surface area contributed by atoms with Crippen molar-refractivity contribution in [2.75, 3.05) is 0 Å². The van der Waals surface area contributed by atoms with Crippen molar-refractivity contribution < 1.29 is 0 Å². The van der Waals surface area contributed by atoms with Crippen LogP contribution in [0.25, 0.3) is 26.1 Å². The maximum Gasteiger partial charge on any atom is 0.266 e. The van der Waals surface area contributed by atoms with E-state index >= 15 is 0 Å². The van der Waals surface area contributed by atoms with Gasteiger partial charge in [0.15, 0.2) is 4.96 Å². The molecule has 4 aromatic rings. The van der Waals surface area contributed by atoms with Crippen LogP contribution in [0.1, 0.15) is 0 Å². The van der Waals surface area contributed by atoms with Crippen molar-refractivity contribution in [2.45, 2.75) is 0 Å². The second-order valence-corrected chi connectivity index (χ2v) is 5.66. The van der Waals surface area contributed by atoms with Crippen LogP contribution in [0.4, 0.5) is 0 Å². The Morgan fingerprint density at radius 1 is 1.11 bits per heavy atom. The Hall–Kier alpha value is -1.91. The number of nitrogens with zero attached hydrogens (tertiary/aromatic N) is 2. The molecular weight excluding hydrogens is 280 g/mol. The summed E-state index contributed by atoms with van der Waals surface area (Å²) in [6, 6.07) is 13.0. The summed E-state index contributed by atoms with van der Waals surface area (Å²) >= 11 is 7.69. The molecule has 4 rings (SSSR count). The summed E-state index contributed by atoms with van der Waals surface area (Å²) < 4.78 is 2.57. The third-order valence-electron chi connectivity index (χ3n) is 3.12. The van der Waals surface area contributed by atoms with Gasteiger partial charge < -0.3 is 0 Å². The fourth-order valence-electron chi connectivity index (χ4n) is 2.27. The Morgan fingerprint density at radius 2 is 1.95 bits per heavy atom. The molecule has 2 aromatic carbocycles. The number of rotatable bonds is 0. The highest BCUT2D eigenvalue weighted by molar-refractivity contribution is 7.23. The maximum atomic E-state index is 12.6. The van der Waals surface area contributed by atoms with Crippen molar-refractivity contribution in [1.29, 1.82) is 0 Å². The molecule has 0 aliphatic carbocycles. The van der Waals surface area contributed by atoms with Crippen molar-refractivity contribution in [3.8, 4) is 0 Å². The Kier molecular flexibility index (Phi) is 2.19. The van der Waals surface area contributed by atoms with E-state index in [1.807, 2.05) is 30.3 Å². The maximum absolute atomic E-state index is 12.6. The van der Waals surface area contributed by atoms with Gasteiger partial charge in [0.1, 0.15) is 0 Å². The highest BCUT2D eigenvalue weighted by Gasteiger charge is 2.12. The third kappa shape index (κ3) is 1.44. The number of hydrogen-bond acceptors (Lipinski definition) is 3. The van der Waals surface area contributed by atoms with Gasteiger partial charge in [0.05, 0.1) is 26.1 Å². The van der Waals surface area contributed by atoms with Crippen LogP contribution in [0.3, 0.4) is 0 Å². The highest BCUT2D eigenvalue weighted by atomic mass is 35.5. The first-order chi connectivity index (χ1) is 9.25. The molecule has 0 atom stereocenters. The van der Waals surface area contributed by atoms with Gasteiger partial charge in [-0.15, -0.1) is 0 Å². The van der Waals surface area contributed by atoms with Crippen LogP contribution in [0.5, 0.6) is 0 Å². The Bertz CT molecular complexity index is 1000. The molecule has 0 radical (unpaired) electrons. The molecule has 19 heavy (non-hydrogen) atoms. The molecule has 3 nitrogen and oxygen atoms in total. The zero-order valence-electron chi connectivity index (χ0n) is 9.63. The molecule has 92 valence electrons. The average molecular weight is 287 g/mol. The predicted octanol–water partition coefficient (Wildman–Crippen LogP) is 3.72. The van der Waals surface area contributed by atoms with E-state index in [2.05, 4.69) is 4.98 Å². The van der Waals surface area contributed by atoms with Gasteiger partial charge in [0.2, 0.25) is 0 Å². The van der Waals surface area contributed by atoms with E-state index in [-0.39, 0.29) is 5.56 Å². The minimum atomic E-state index is -0.0695. The summed E-state index contributed by atoms with van der Waals surface area (Å²) in [7, 11) is 0. The van der Waals surface area contributed by atoms with Crippen molar-refractivity contribution in [2.24, 2.45) is 0 Å². The van der Waals surface area contributed by atoms with Crippen molar-refractivity contribution in [1.82, 2.24) is 9.38 Å². The number of fused-ring (bicyclic) bond motifs is 4. The molecule has 0 aliphatic rings. The van der Waals surface area contributed by atoms with Gasteiger partial charge in [-0.25, -0.2) is 9.38 Å². The Labute approximate surface area is 116 Å². The van der Waals surface area contributed by atoms with Crippen LogP contribution in [0, 0.1) is 0 Å². The molecule has 0 aliphatic heterocycles. The van der Waals surface area contributed by atoms with Gasteiger partial charge in [0, 0.05) is 0 Å². The summed E-state index contributed by atoms with van der Waals surface area (Å²) in [5.41, 5.74) is 1.39. The topological polar surface area (TPSA) is 34.4 Å². The molecule has 0 N–H and O–H groups in total. The summed E-state index contributed by atoms with van der Waals surface area (Å²) in [4.78, 5) is 17.8. The van der Waals surface area contributed by atoms with Crippen LogP contribution in [-0.2, 0) is 0 Å². The summed E-state index contributed by atoms with van der Waals surface area (Å²) in [5, 5.41) is 1.18. The summed E-state index contributed by atoms with van der Waals surface area (Å²) in [6.45, 7) is 0. The quantitative estimate of drug-likeness (QED) is 0.494. The summed E-state index contributed by atoms with van der Waals surface area (Å²) in [6.07, 6.45) is 0. The molecular formula is C14H7ClN2OS. The van der Waals surface area contributed by atoms with E-state index < -0.39 is 0 Å². The van der Waals surface area contributed by atoms with E-state index in [4.69, 9.17) is 11.6 Å². The molecule has 5 heteroatoms. The Morgan fingerprint density at radius 3 is 2.84 bits per heavy atom. The van der Waals surface area contributed by atoms with E-state index in [0.29, 0.717) is 15.4 Å². The van der Waals surface area contributed by atoms with Crippen LogP contribution in [0.15, 0.2) is 47.3 Å². The second-order valence-electron chi connectivity index (χ2n) is 4.24. The molecule has 0 spiro atoms. The van der Waals surface area contributed by atoms with Gasteiger partial charge in [-0.3, -0.25) is 4.79 Å². The summed E-state index contributed by atoms with van der Waals surface area (Å²) in [5.74, 6) is 0. The fourth-order valence-corrected chi connectivity index (χ4v) is 3.64. The molecule has 0 bridgehead atoms. The zero-order valence-corrected chi connectivity index (χ0v) is 11.2. The minimum Gasteiger partial charge on any atom is -0.268 e. The zero-order chi connectivity index (χ0) is 13.0. The second kappa shape index (κ2) is 3.79. The molecule has 0 saturated carbocycles. The normalized spacial score (nSPS) is 11.6. The van der Waals surface area contributed by atoms with Gasteiger partial charge in [-0.2, -0.15) is 0 Å². The number of thiazole rings is 1. The lowest BCUT2D eigenvalue weighted by Crippen LogP contribution is -2.13. The standard InChI is InChI=1S/C14H7ClN2OS/c15-9-5-3-7-11-12(9)17-13(18)8-4-1-2-6-10(8)16-14(17)19-11/h1-7H. The van der Waals surface area contributed by atoms with Crippen molar-refractivity contribution in [3.63, 3.8) is 0 Å². The average Bonchev–Trinajstić information content (AvgIpc) is 2.79. The third-order valence-corrected chi connectivity index (χ3v) is 4.43. The first kappa shape index (κ1) is 11.0. The van der Waals surface area contributed by atoms with E-state index in [1.54, 1.807) is 16.5 Å². The molecule has 0 fully saturated rings. The minimum absolute atomic E-state index is 0.0695. The van der Waals surface area contributed by atoms with E-state index in [9.17, 15) is 4.79 Å². The van der Waals surface area contributed by atoms with Gasteiger partial charge in [0.25, 0.3) is 5.56 Å². The first-order valence-electron chi connectivity index (χ1n) is 5.74. The number of benzene rings is 2. The molecule has 0 amide bonds. The van der Waals surface area contributed by atoms with Gasteiger partial charge in [-0.1, -0.05) is 41.1 Å². The van der Waals surface area contributed by atoms with Gasteiger partial charge >= 0.3 is 0 Å². The van der Waals surface area contributed by atoms with Gasteiger partial charge in [-0.05, 0) is 24.3 Å². The number of hydrogen-bond donors (Lipinski definition) is 0. The lowest BCUT2D eigenvalue weighted by Gasteiger charge is -1.99. The molecule has 2 aromatic heterocycles. The monoisotopic (exact) mass is 286 g/mol. The lowest BCUT2D eigenvalue weighted by molar-refractivity contribution is 1.16. The van der Waals surface area contributed by atoms with Crippen LogP contribution < -0.4 is 5.56 Å². The molecule has 2 heterocycles. The van der Waals surface area contributed by atoms with Crippen molar-refractivity contribution >= 4 is 49.0 Å². The van der Waals surface area contributed by atoms with Crippen LogP contribution in [0.2, 0.25) is 5.02 Å². The van der Waals surface area contributed by atoms with E-state index in [0.717, 1.165) is 15.7 Å². The van der Waals surface area contributed by atoms with E-state index in [1.165, 1.54) is 11.3 Å². The van der Waals surface area contributed by atoms with Crippen molar-refractivity contribution in [3.05, 3.63) is 57.8 Å². The molecule has 0 saturated heterocycles. The smallest absolute Gasteiger partial charge is 0.266 e. The lowest BCUT2D eigenvalue weighted by atomic mass is 10.2.